The minimum atomic E-state index is -0.126. The number of benzene rings is 2. The molecule has 30 heavy (non-hydrogen) atoms. The summed E-state index contributed by atoms with van der Waals surface area (Å²) in [6, 6.07) is 15.7. The summed E-state index contributed by atoms with van der Waals surface area (Å²) in [6.45, 7) is 0.667. The number of ether oxygens (including phenoxy) is 3. The van der Waals surface area contributed by atoms with Crippen LogP contribution in [0.2, 0.25) is 0 Å². The molecule has 0 fully saturated rings. The summed E-state index contributed by atoms with van der Waals surface area (Å²) in [6.07, 6.45) is 1.14. The van der Waals surface area contributed by atoms with Gasteiger partial charge >= 0.3 is 0 Å². The average molecular weight is 424 g/mol. The second kappa shape index (κ2) is 8.79. The van der Waals surface area contributed by atoms with Crippen molar-refractivity contribution in [3.63, 3.8) is 0 Å². The van der Waals surface area contributed by atoms with Crippen LogP contribution in [0.4, 0.5) is 0 Å². The van der Waals surface area contributed by atoms with E-state index in [2.05, 4.69) is 11.4 Å². The van der Waals surface area contributed by atoms with Crippen LogP contribution in [0.25, 0.3) is 0 Å². The number of carbonyl (C=O) groups is 1. The van der Waals surface area contributed by atoms with Gasteiger partial charge in [-0.25, -0.2) is 0 Å². The average Bonchev–Trinajstić information content (AvgIpc) is 3.32. The number of hydrogen-bond donors (Lipinski definition) is 0. The van der Waals surface area contributed by atoms with Crippen molar-refractivity contribution in [3.8, 4) is 17.2 Å². The van der Waals surface area contributed by atoms with Gasteiger partial charge in [-0.3, -0.25) is 4.79 Å². The van der Waals surface area contributed by atoms with Gasteiger partial charge in [0.2, 0.25) is 5.91 Å². The number of thiophene rings is 1. The summed E-state index contributed by atoms with van der Waals surface area (Å²) in [5, 5.41) is 2.05. The molecule has 0 spiro atoms. The molecule has 0 saturated carbocycles. The summed E-state index contributed by atoms with van der Waals surface area (Å²) in [5.41, 5.74) is 3.27. The Bertz CT molecular complexity index is 1010. The minimum absolute atomic E-state index is 0.110. The fourth-order valence-corrected chi connectivity index (χ4v) is 4.84. The molecule has 4 rings (SSSR count). The fraction of sp³-hybridized carbons (Fsp3) is 0.292. The lowest BCUT2D eigenvalue weighted by Gasteiger charge is -2.37. The molecule has 1 aliphatic heterocycles. The summed E-state index contributed by atoms with van der Waals surface area (Å²) < 4.78 is 16.3. The van der Waals surface area contributed by atoms with Gasteiger partial charge in [0.15, 0.2) is 11.5 Å². The van der Waals surface area contributed by atoms with Gasteiger partial charge in [0.05, 0.1) is 33.8 Å². The first-order valence-electron chi connectivity index (χ1n) is 9.85. The van der Waals surface area contributed by atoms with Crippen molar-refractivity contribution in [3.05, 3.63) is 75.5 Å². The predicted octanol–water partition coefficient (Wildman–Crippen LogP) is 4.49. The van der Waals surface area contributed by atoms with E-state index in [-0.39, 0.29) is 11.9 Å². The summed E-state index contributed by atoms with van der Waals surface area (Å²) >= 11 is 1.67. The first kappa shape index (κ1) is 20.3. The second-order valence-electron chi connectivity index (χ2n) is 7.19. The van der Waals surface area contributed by atoms with Crippen LogP contribution in [0.15, 0.2) is 53.9 Å². The Morgan fingerprint density at radius 3 is 2.40 bits per heavy atom. The second-order valence-corrected chi connectivity index (χ2v) is 8.17. The highest BCUT2D eigenvalue weighted by molar-refractivity contribution is 7.10. The molecule has 0 radical (unpaired) electrons. The molecule has 0 N–H and O–H groups in total. The third kappa shape index (κ3) is 3.87. The first-order chi connectivity index (χ1) is 14.6. The van der Waals surface area contributed by atoms with E-state index in [1.54, 1.807) is 32.7 Å². The van der Waals surface area contributed by atoms with Crippen LogP contribution in [0.3, 0.4) is 0 Å². The highest BCUT2D eigenvalue weighted by Crippen LogP contribution is 2.42. The zero-order valence-corrected chi connectivity index (χ0v) is 18.2. The van der Waals surface area contributed by atoms with E-state index in [1.165, 1.54) is 5.56 Å². The Kier molecular flexibility index (Phi) is 5.95. The van der Waals surface area contributed by atoms with Gasteiger partial charge in [-0.15, -0.1) is 11.3 Å². The van der Waals surface area contributed by atoms with Crippen molar-refractivity contribution >= 4 is 17.2 Å². The largest absolute Gasteiger partial charge is 0.497 e. The fourth-order valence-electron chi connectivity index (χ4n) is 3.99. The van der Waals surface area contributed by atoms with E-state index >= 15 is 0 Å². The van der Waals surface area contributed by atoms with Crippen molar-refractivity contribution in [2.45, 2.75) is 18.9 Å². The lowest BCUT2D eigenvalue weighted by molar-refractivity contribution is -0.132. The van der Waals surface area contributed by atoms with Crippen LogP contribution >= 0.6 is 11.3 Å². The number of fused-ring (bicyclic) bond motifs is 1. The van der Waals surface area contributed by atoms with Gasteiger partial charge in [0.25, 0.3) is 0 Å². The SMILES string of the molecule is COc1ccc(CC(=O)N2CCc3cc(OC)c(OC)cc3C2c2cccs2)cc1. The number of nitrogens with zero attached hydrogens (tertiary/aromatic N) is 1. The number of amides is 1. The van der Waals surface area contributed by atoms with E-state index in [0.29, 0.717) is 18.7 Å². The quantitative estimate of drug-likeness (QED) is 0.586. The normalized spacial score (nSPS) is 15.4. The molecule has 0 aliphatic carbocycles. The summed E-state index contributed by atoms with van der Waals surface area (Å²) in [5.74, 6) is 2.30. The highest BCUT2D eigenvalue weighted by Gasteiger charge is 2.33. The lowest BCUT2D eigenvalue weighted by atomic mass is 9.90. The molecule has 3 aromatic rings. The molecule has 6 heteroatoms. The molecule has 156 valence electrons. The van der Waals surface area contributed by atoms with Crippen molar-refractivity contribution in [1.82, 2.24) is 4.90 Å². The number of rotatable bonds is 6. The molecule has 2 aromatic carbocycles. The molecule has 0 bridgehead atoms. The smallest absolute Gasteiger partial charge is 0.227 e. The maximum atomic E-state index is 13.4. The predicted molar refractivity (Wildman–Crippen MR) is 118 cm³/mol. The van der Waals surface area contributed by atoms with Crippen LogP contribution in [0, 0.1) is 0 Å². The van der Waals surface area contributed by atoms with Crippen LogP contribution in [-0.4, -0.2) is 38.7 Å². The van der Waals surface area contributed by atoms with Crippen LogP contribution in [-0.2, 0) is 17.6 Å². The lowest BCUT2D eigenvalue weighted by Crippen LogP contribution is -2.41. The van der Waals surface area contributed by atoms with Crippen LogP contribution in [0.1, 0.15) is 27.6 Å². The van der Waals surface area contributed by atoms with E-state index in [9.17, 15) is 4.79 Å². The van der Waals surface area contributed by atoms with E-state index in [0.717, 1.165) is 33.9 Å². The van der Waals surface area contributed by atoms with Gasteiger partial charge < -0.3 is 19.1 Å². The Labute approximate surface area is 180 Å². The van der Waals surface area contributed by atoms with Crippen LogP contribution < -0.4 is 14.2 Å². The monoisotopic (exact) mass is 423 g/mol. The van der Waals surface area contributed by atoms with Gasteiger partial charge in [0, 0.05) is 11.4 Å². The summed E-state index contributed by atoms with van der Waals surface area (Å²) in [7, 11) is 4.93. The molecule has 5 nitrogen and oxygen atoms in total. The standard InChI is InChI=1S/C24H25NO4S/c1-27-18-8-6-16(7-9-18)13-23(26)25-11-10-17-14-20(28-2)21(29-3)15-19(17)24(25)22-5-4-12-30-22/h4-9,12,14-15,24H,10-11,13H2,1-3H3. The topological polar surface area (TPSA) is 48.0 Å². The summed E-state index contributed by atoms with van der Waals surface area (Å²) in [4.78, 5) is 16.5. The van der Waals surface area contributed by atoms with Crippen molar-refractivity contribution in [2.24, 2.45) is 0 Å². The minimum Gasteiger partial charge on any atom is -0.497 e. The molecule has 1 aliphatic rings. The van der Waals surface area contributed by atoms with E-state index in [4.69, 9.17) is 14.2 Å². The van der Waals surface area contributed by atoms with E-state index < -0.39 is 0 Å². The van der Waals surface area contributed by atoms with Gasteiger partial charge in [-0.1, -0.05) is 18.2 Å². The van der Waals surface area contributed by atoms with Crippen molar-refractivity contribution < 1.29 is 19.0 Å². The maximum Gasteiger partial charge on any atom is 0.227 e. The molecule has 1 amide bonds. The molecular formula is C24H25NO4S. The highest BCUT2D eigenvalue weighted by atomic mass is 32.1. The zero-order valence-electron chi connectivity index (χ0n) is 17.4. The Balaban J connectivity index is 1.68. The third-order valence-electron chi connectivity index (χ3n) is 5.52. The Morgan fingerprint density at radius 1 is 1.03 bits per heavy atom. The van der Waals surface area contributed by atoms with Crippen molar-refractivity contribution in [1.29, 1.82) is 0 Å². The first-order valence-corrected chi connectivity index (χ1v) is 10.7. The Morgan fingerprint density at radius 2 is 1.77 bits per heavy atom. The van der Waals surface area contributed by atoms with Gasteiger partial charge in [-0.05, 0) is 58.8 Å². The molecule has 1 unspecified atom stereocenters. The molecule has 1 atom stereocenters. The third-order valence-corrected chi connectivity index (χ3v) is 6.45. The molecule has 1 aromatic heterocycles. The zero-order chi connectivity index (χ0) is 21.1. The number of carbonyl (C=O) groups excluding carboxylic acids is 1. The molecule has 2 heterocycles. The number of hydrogen-bond acceptors (Lipinski definition) is 5. The van der Waals surface area contributed by atoms with Crippen molar-refractivity contribution in [2.75, 3.05) is 27.9 Å². The van der Waals surface area contributed by atoms with Gasteiger partial charge in [-0.2, -0.15) is 0 Å². The molecular weight excluding hydrogens is 398 g/mol. The Hall–Kier alpha value is -2.99. The maximum absolute atomic E-state index is 13.4. The van der Waals surface area contributed by atoms with Crippen LogP contribution in [0.5, 0.6) is 17.2 Å². The number of methoxy groups -OCH3 is 3. The van der Waals surface area contributed by atoms with Gasteiger partial charge in [0.1, 0.15) is 5.75 Å². The van der Waals surface area contributed by atoms with E-state index in [1.807, 2.05) is 47.4 Å². The molecule has 0 saturated heterocycles.